The van der Waals surface area contributed by atoms with Gasteiger partial charge >= 0.3 is 0 Å². The zero-order chi connectivity index (χ0) is 12.8. The Bertz CT molecular complexity index is 396. The molecule has 0 heterocycles. The van der Waals surface area contributed by atoms with Crippen molar-refractivity contribution in [2.24, 2.45) is 5.84 Å². The number of nitrogens with two attached hydrogens (primary N) is 1. The first-order valence-electron chi connectivity index (χ1n) is 5.44. The predicted octanol–water partition coefficient (Wildman–Crippen LogP) is 2.20. The third kappa shape index (κ3) is 3.69. The van der Waals surface area contributed by atoms with Crippen LogP contribution in [0.5, 0.6) is 0 Å². The van der Waals surface area contributed by atoms with Crippen molar-refractivity contribution in [2.75, 3.05) is 5.43 Å². The average Bonchev–Trinajstić information content (AvgIpc) is 2.35. The number of anilines is 1. The number of hydrogen-bond donors (Lipinski definition) is 2. The molecule has 1 unspecified atom stereocenters. The molecule has 1 rings (SSSR count). The van der Waals surface area contributed by atoms with Crippen LogP contribution < -0.4 is 11.3 Å². The van der Waals surface area contributed by atoms with Crippen LogP contribution in [0, 0.1) is 10.1 Å². The molecule has 6 heteroatoms. The molecule has 0 spiro atoms. The fourth-order valence-corrected chi connectivity index (χ4v) is 1.30. The number of nitro benzene ring substituents is 1. The van der Waals surface area contributed by atoms with Gasteiger partial charge in [-0.1, -0.05) is 6.92 Å². The van der Waals surface area contributed by atoms with Crippen molar-refractivity contribution >= 4 is 11.4 Å². The lowest BCUT2D eigenvalue weighted by Crippen LogP contribution is -2.10. The Kier molecular flexibility index (Phi) is 4.86. The number of hydrazine groups is 1. The summed E-state index contributed by atoms with van der Waals surface area (Å²) < 4.78 is 5.54. The van der Waals surface area contributed by atoms with Crippen LogP contribution in [0.3, 0.4) is 0 Å². The van der Waals surface area contributed by atoms with Crippen LogP contribution in [0.25, 0.3) is 0 Å². The van der Waals surface area contributed by atoms with Crippen LogP contribution in [-0.4, -0.2) is 11.0 Å². The van der Waals surface area contributed by atoms with Gasteiger partial charge in [0.25, 0.3) is 5.69 Å². The van der Waals surface area contributed by atoms with Crippen LogP contribution in [0.4, 0.5) is 11.4 Å². The Hall–Kier alpha value is -1.66. The molecule has 0 amide bonds. The van der Waals surface area contributed by atoms with E-state index >= 15 is 0 Å². The summed E-state index contributed by atoms with van der Waals surface area (Å²) in [6.07, 6.45) is 1.09. The lowest BCUT2D eigenvalue weighted by molar-refractivity contribution is -0.384. The second-order valence-electron chi connectivity index (χ2n) is 3.78. The number of ether oxygens (including phenoxy) is 1. The third-order valence-corrected chi connectivity index (χ3v) is 2.52. The quantitative estimate of drug-likeness (QED) is 0.451. The van der Waals surface area contributed by atoms with Gasteiger partial charge < -0.3 is 10.2 Å². The smallest absolute Gasteiger partial charge is 0.293 e. The first-order chi connectivity index (χ1) is 8.08. The number of nitrogen functional groups attached to an aromatic ring is 1. The lowest BCUT2D eigenvalue weighted by Gasteiger charge is -2.11. The normalized spacial score (nSPS) is 12.2. The Balaban J connectivity index is 2.79. The van der Waals surface area contributed by atoms with Crippen molar-refractivity contribution in [1.82, 2.24) is 0 Å². The van der Waals surface area contributed by atoms with Gasteiger partial charge in [-0.2, -0.15) is 0 Å². The third-order valence-electron chi connectivity index (χ3n) is 2.52. The van der Waals surface area contributed by atoms with Crippen molar-refractivity contribution < 1.29 is 9.66 Å². The maximum absolute atomic E-state index is 10.7. The topological polar surface area (TPSA) is 90.4 Å². The number of benzene rings is 1. The number of hydrogen-bond acceptors (Lipinski definition) is 5. The molecule has 3 N–H and O–H groups in total. The molecule has 6 nitrogen and oxygen atoms in total. The Morgan fingerprint density at radius 1 is 1.59 bits per heavy atom. The summed E-state index contributed by atoms with van der Waals surface area (Å²) in [5, 5.41) is 10.7. The molecule has 0 bridgehead atoms. The van der Waals surface area contributed by atoms with Gasteiger partial charge in [-0.15, -0.1) is 0 Å². The molecule has 0 saturated carbocycles. The second-order valence-corrected chi connectivity index (χ2v) is 3.78. The summed E-state index contributed by atoms with van der Waals surface area (Å²) in [5.41, 5.74) is 3.42. The highest BCUT2D eigenvalue weighted by molar-refractivity contribution is 5.61. The summed E-state index contributed by atoms with van der Waals surface area (Å²) in [6, 6.07) is 4.71. The fraction of sp³-hybridized carbons (Fsp3) is 0.455. The van der Waals surface area contributed by atoms with Crippen molar-refractivity contribution in [3.8, 4) is 0 Å². The summed E-state index contributed by atoms with van der Waals surface area (Å²) in [6.45, 7) is 4.43. The molecular formula is C11H17N3O3. The van der Waals surface area contributed by atoms with Crippen LogP contribution in [0.15, 0.2) is 18.2 Å². The molecule has 17 heavy (non-hydrogen) atoms. The maximum atomic E-state index is 10.7. The van der Waals surface area contributed by atoms with Crippen molar-refractivity contribution in [3.63, 3.8) is 0 Å². The Labute approximate surface area is 99.9 Å². The van der Waals surface area contributed by atoms with Gasteiger partial charge in [-0.3, -0.25) is 16.0 Å². The van der Waals surface area contributed by atoms with Crippen molar-refractivity contribution in [3.05, 3.63) is 33.9 Å². The monoisotopic (exact) mass is 239 g/mol. The van der Waals surface area contributed by atoms with Crippen molar-refractivity contribution in [2.45, 2.75) is 33.0 Å². The van der Waals surface area contributed by atoms with E-state index in [2.05, 4.69) is 5.43 Å². The predicted molar refractivity (Wildman–Crippen MR) is 65.4 cm³/mol. The second kappa shape index (κ2) is 6.17. The summed E-state index contributed by atoms with van der Waals surface area (Å²) in [5.74, 6) is 5.24. The molecule has 0 aliphatic rings. The minimum absolute atomic E-state index is 0.0419. The SMILES string of the molecule is CCC(C)OCc1ccc([N+](=O)[O-])c(NN)c1. The molecule has 94 valence electrons. The number of nitro groups is 1. The molecule has 0 aromatic heterocycles. The number of nitrogens with one attached hydrogen (secondary N) is 1. The molecule has 1 atom stereocenters. The molecule has 0 radical (unpaired) electrons. The maximum Gasteiger partial charge on any atom is 0.293 e. The van der Waals surface area contributed by atoms with Crippen LogP contribution in [0.1, 0.15) is 25.8 Å². The molecule has 0 aliphatic heterocycles. The summed E-state index contributed by atoms with van der Waals surface area (Å²) in [4.78, 5) is 10.2. The van der Waals surface area contributed by atoms with Gasteiger partial charge in [0, 0.05) is 6.07 Å². The van der Waals surface area contributed by atoms with Gasteiger partial charge in [0.1, 0.15) is 5.69 Å². The average molecular weight is 239 g/mol. The van der Waals surface area contributed by atoms with E-state index in [1.807, 2.05) is 13.8 Å². The van der Waals surface area contributed by atoms with E-state index < -0.39 is 4.92 Å². The highest BCUT2D eigenvalue weighted by Crippen LogP contribution is 2.24. The van der Waals surface area contributed by atoms with E-state index in [1.165, 1.54) is 6.07 Å². The minimum atomic E-state index is -0.478. The van der Waals surface area contributed by atoms with E-state index in [9.17, 15) is 10.1 Å². The zero-order valence-corrected chi connectivity index (χ0v) is 9.97. The van der Waals surface area contributed by atoms with Crippen molar-refractivity contribution in [1.29, 1.82) is 0 Å². The van der Waals surface area contributed by atoms with E-state index in [-0.39, 0.29) is 11.8 Å². The van der Waals surface area contributed by atoms with E-state index in [0.29, 0.717) is 12.3 Å². The summed E-state index contributed by atoms with van der Waals surface area (Å²) in [7, 11) is 0. The molecule has 0 aliphatic carbocycles. The van der Waals surface area contributed by atoms with Gasteiger partial charge in [-0.25, -0.2) is 0 Å². The molecule has 1 aromatic rings. The molecule has 0 saturated heterocycles. The van der Waals surface area contributed by atoms with Gasteiger partial charge in [-0.05, 0) is 31.0 Å². The zero-order valence-electron chi connectivity index (χ0n) is 9.97. The highest BCUT2D eigenvalue weighted by Gasteiger charge is 2.13. The first-order valence-corrected chi connectivity index (χ1v) is 5.44. The van der Waals surface area contributed by atoms with Crippen LogP contribution in [-0.2, 0) is 11.3 Å². The van der Waals surface area contributed by atoms with Gasteiger partial charge in [0.05, 0.1) is 17.6 Å². The molecule has 1 aromatic carbocycles. The highest BCUT2D eigenvalue weighted by atomic mass is 16.6. The molecular weight excluding hydrogens is 222 g/mol. The van der Waals surface area contributed by atoms with Crippen LogP contribution in [0.2, 0.25) is 0 Å². The van der Waals surface area contributed by atoms with Crippen LogP contribution >= 0.6 is 0 Å². The number of nitrogens with zero attached hydrogens (tertiary/aromatic N) is 1. The van der Waals surface area contributed by atoms with E-state index in [0.717, 1.165) is 12.0 Å². The Morgan fingerprint density at radius 2 is 2.29 bits per heavy atom. The van der Waals surface area contributed by atoms with Gasteiger partial charge in [0.15, 0.2) is 0 Å². The standard InChI is InChI=1S/C11H17N3O3/c1-3-8(2)17-7-9-4-5-11(14(15)16)10(6-9)13-12/h4-6,8,13H,3,7,12H2,1-2H3. The lowest BCUT2D eigenvalue weighted by atomic mass is 10.2. The number of rotatable bonds is 6. The van der Waals surface area contributed by atoms with E-state index in [1.54, 1.807) is 12.1 Å². The minimum Gasteiger partial charge on any atom is -0.374 e. The fourth-order valence-electron chi connectivity index (χ4n) is 1.30. The first kappa shape index (κ1) is 13.4. The van der Waals surface area contributed by atoms with E-state index in [4.69, 9.17) is 10.6 Å². The van der Waals surface area contributed by atoms with Gasteiger partial charge in [0.2, 0.25) is 0 Å². The Morgan fingerprint density at radius 3 is 2.82 bits per heavy atom. The molecule has 0 fully saturated rings. The summed E-state index contributed by atoms with van der Waals surface area (Å²) >= 11 is 0. The largest absolute Gasteiger partial charge is 0.374 e.